The highest BCUT2D eigenvalue weighted by molar-refractivity contribution is 5.26. The maximum atomic E-state index is 5.99. The number of nitrogens with zero attached hydrogens (tertiary/aromatic N) is 2. The molecular weight excluding hydrogens is 466 g/mol. The molecule has 0 amide bonds. The van der Waals surface area contributed by atoms with E-state index in [4.69, 9.17) is 5.73 Å². The molecule has 0 fully saturated rings. The molecule has 1 heterocycles. The molecule has 2 rings (SSSR count). The van der Waals surface area contributed by atoms with Crippen molar-refractivity contribution < 1.29 is 0 Å². The van der Waals surface area contributed by atoms with Crippen LogP contribution in [0.2, 0.25) is 0 Å². The van der Waals surface area contributed by atoms with E-state index in [1.54, 1.807) is 0 Å². The first-order chi connectivity index (χ1) is 18.2. The fourth-order valence-corrected chi connectivity index (χ4v) is 5.70. The predicted molar refractivity (Wildman–Crippen MR) is 166 cm³/mol. The summed E-state index contributed by atoms with van der Waals surface area (Å²) in [5, 5.41) is 6.14. The van der Waals surface area contributed by atoms with Crippen molar-refractivity contribution in [1.82, 2.24) is 20.7 Å². The summed E-state index contributed by atoms with van der Waals surface area (Å²) in [6, 6.07) is 9.61. The van der Waals surface area contributed by atoms with E-state index in [1.165, 1.54) is 54.5 Å². The largest absolute Gasteiger partial charge is 0.362 e. The first-order valence-electron chi connectivity index (χ1n) is 15.3. The van der Waals surface area contributed by atoms with Gasteiger partial charge in [-0.2, -0.15) is 0 Å². The molecule has 2 unspecified atom stereocenters. The molecule has 1 aliphatic heterocycles. The van der Waals surface area contributed by atoms with Crippen LogP contribution < -0.4 is 16.5 Å². The molecule has 0 spiro atoms. The molecular formula is C33H59N5. The topological polar surface area (TPSA) is 56.6 Å². The normalized spacial score (nSPS) is 18.7. The van der Waals surface area contributed by atoms with E-state index in [1.807, 2.05) is 0 Å². The van der Waals surface area contributed by atoms with Crippen LogP contribution in [0.3, 0.4) is 0 Å². The summed E-state index contributed by atoms with van der Waals surface area (Å²) < 4.78 is 0. The number of nitrogens with two attached hydrogens (primary N) is 1. The van der Waals surface area contributed by atoms with Crippen LogP contribution in [0.15, 0.2) is 48.2 Å². The molecule has 0 bridgehead atoms. The summed E-state index contributed by atoms with van der Waals surface area (Å²) in [5.41, 5.74) is 15.4. The van der Waals surface area contributed by atoms with Gasteiger partial charge in [0.1, 0.15) is 0 Å². The lowest BCUT2D eigenvalue weighted by atomic mass is 9.82. The van der Waals surface area contributed by atoms with Crippen LogP contribution in [0.25, 0.3) is 0 Å². The Morgan fingerprint density at radius 3 is 2.66 bits per heavy atom. The predicted octanol–water partition coefficient (Wildman–Crippen LogP) is 6.93. The van der Waals surface area contributed by atoms with E-state index in [0.29, 0.717) is 17.4 Å². The zero-order chi connectivity index (χ0) is 28.0. The zero-order valence-corrected chi connectivity index (χ0v) is 25.6. The number of hydrazine groups is 1. The van der Waals surface area contributed by atoms with Crippen LogP contribution in [-0.4, -0.2) is 48.8 Å². The number of unbranched alkanes of at least 4 members (excludes halogenated alkanes) is 2. The van der Waals surface area contributed by atoms with E-state index >= 15 is 0 Å². The highest BCUT2D eigenvalue weighted by Crippen LogP contribution is 2.31. The van der Waals surface area contributed by atoms with Crippen LogP contribution in [0.4, 0.5) is 0 Å². The molecule has 0 saturated heterocycles. The molecule has 4 N–H and O–H groups in total. The Balaban J connectivity index is 1.99. The van der Waals surface area contributed by atoms with Gasteiger partial charge in [0.2, 0.25) is 0 Å². The third-order valence-corrected chi connectivity index (χ3v) is 7.61. The van der Waals surface area contributed by atoms with E-state index in [9.17, 15) is 0 Å². The average Bonchev–Trinajstić information content (AvgIpc) is 2.95. The third kappa shape index (κ3) is 12.0. The van der Waals surface area contributed by atoms with Crippen LogP contribution in [0.1, 0.15) is 110 Å². The van der Waals surface area contributed by atoms with E-state index in [2.05, 4.69) is 99.1 Å². The van der Waals surface area contributed by atoms with Gasteiger partial charge in [0, 0.05) is 37.9 Å². The lowest BCUT2D eigenvalue weighted by Gasteiger charge is -2.32. The molecule has 1 aliphatic rings. The van der Waals surface area contributed by atoms with Gasteiger partial charge in [-0.3, -0.25) is 10.7 Å². The second-order valence-corrected chi connectivity index (χ2v) is 12.5. The van der Waals surface area contributed by atoms with Crippen molar-refractivity contribution in [2.75, 3.05) is 32.8 Å². The highest BCUT2D eigenvalue weighted by Gasteiger charge is 2.20. The SMILES string of the molecule is C=C1/C=C(/N(CC)CNCc2cccc(C(C)CC(C)(C)C)c2)CCCNN(C(CCN)CCCCC)C1. The van der Waals surface area contributed by atoms with Gasteiger partial charge in [0.05, 0.1) is 6.67 Å². The summed E-state index contributed by atoms with van der Waals surface area (Å²) in [5.74, 6) is 0.571. The molecule has 216 valence electrons. The molecule has 1 aromatic carbocycles. The Kier molecular flexibility index (Phi) is 14.7. The number of rotatable bonds is 15. The van der Waals surface area contributed by atoms with Crippen LogP contribution in [0, 0.1) is 5.41 Å². The Bertz CT molecular complexity index is 840. The van der Waals surface area contributed by atoms with Gasteiger partial charge in [-0.25, -0.2) is 5.01 Å². The Morgan fingerprint density at radius 1 is 1.18 bits per heavy atom. The van der Waals surface area contributed by atoms with Gasteiger partial charge in [-0.15, -0.1) is 0 Å². The highest BCUT2D eigenvalue weighted by atomic mass is 15.5. The summed E-state index contributed by atoms with van der Waals surface area (Å²) in [6.45, 7) is 23.6. The van der Waals surface area contributed by atoms with Gasteiger partial charge in [-0.05, 0) is 79.7 Å². The summed E-state index contributed by atoms with van der Waals surface area (Å²) in [6.07, 6.45) is 11.8. The Hall–Kier alpha value is -1.66. The number of hydrogen-bond acceptors (Lipinski definition) is 5. The van der Waals surface area contributed by atoms with Gasteiger partial charge >= 0.3 is 0 Å². The van der Waals surface area contributed by atoms with Gasteiger partial charge in [-0.1, -0.05) is 84.7 Å². The molecule has 0 aliphatic carbocycles. The number of hydrogen-bond donors (Lipinski definition) is 3. The zero-order valence-electron chi connectivity index (χ0n) is 25.6. The third-order valence-electron chi connectivity index (χ3n) is 7.61. The van der Waals surface area contributed by atoms with Gasteiger partial charge in [0.25, 0.3) is 0 Å². The smallest absolute Gasteiger partial charge is 0.0681 e. The van der Waals surface area contributed by atoms with Gasteiger partial charge in [0.15, 0.2) is 0 Å². The summed E-state index contributed by atoms with van der Waals surface area (Å²) in [4.78, 5) is 2.48. The van der Waals surface area contributed by atoms with Crippen LogP contribution >= 0.6 is 0 Å². The lowest BCUT2D eigenvalue weighted by molar-refractivity contribution is 0.123. The first kappa shape index (κ1) is 32.6. The Morgan fingerprint density at radius 2 is 1.97 bits per heavy atom. The maximum absolute atomic E-state index is 5.99. The molecule has 0 aromatic heterocycles. The van der Waals surface area contributed by atoms with E-state index in [-0.39, 0.29) is 0 Å². The Labute approximate surface area is 235 Å². The molecule has 2 atom stereocenters. The average molecular weight is 526 g/mol. The fraction of sp³-hybridized carbons (Fsp3) is 0.697. The monoisotopic (exact) mass is 525 g/mol. The second kappa shape index (κ2) is 17.1. The minimum atomic E-state index is 0.344. The fourth-order valence-electron chi connectivity index (χ4n) is 5.70. The molecule has 1 aromatic rings. The number of allylic oxidation sites excluding steroid dienone is 1. The quantitative estimate of drug-likeness (QED) is 0.171. The van der Waals surface area contributed by atoms with Crippen molar-refractivity contribution in [2.24, 2.45) is 11.1 Å². The van der Waals surface area contributed by atoms with Crippen molar-refractivity contribution in [2.45, 2.75) is 111 Å². The van der Waals surface area contributed by atoms with Crippen molar-refractivity contribution in [3.63, 3.8) is 0 Å². The summed E-state index contributed by atoms with van der Waals surface area (Å²) in [7, 11) is 0. The molecule has 5 nitrogen and oxygen atoms in total. The number of nitrogens with one attached hydrogen (secondary N) is 2. The molecule has 0 radical (unpaired) electrons. The summed E-state index contributed by atoms with van der Waals surface area (Å²) >= 11 is 0. The van der Waals surface area contributed by atoms with Crippen molar-refractivity contribution in [3.8, 4) is 0 Å². The van der Waals surface area contributed by atoms with Crippen molar-refractivity contribution in [1.29, 1.82) is 0 Å². The number of benzene rings is 1. The molecule has 38 heavy (non-hydrogen) atoms. The molecule has 5 heteroatoms. The molecule has 0 saturated carbocycles. The van der Waals surface area contributed by atoms with E-state index < -0.39 is 0 Å². The van der Waals surface area contributed by atoms with E-state index in [0.717, 1.165) is 58.7 Å². The van der Waals surface area contributed by atoms with Crippen LogP contribution in [-0.2, 0) is 6.54 Å². The first-order valence-corrected chi connectivity index (χ1v) is 15.3. The van der Waals surface area contributed by atoms with Gasteiger partial charge < -0.3 is 10.6 Å². The second-order valence-electron chi connectivity index (χ2n) is 12.5. The van der Waals surface area contributed by atoms with Crippen molar-refractivity contribution >= 4 is 0 Å². The van der Waals surface area contributed by atoms with Crippen LogP contribution in [0.5, 0.6) is 0 Å². The minimum Gasteiger partial charge on any atom is -0.362 e. The lowest BCUT2D eigenvalue weighted by Crippen LogP contribution is -2.47. The standard InChI is InChI=1S/C33H59N5/c1-8-10-11-16-31(18-19-34)38-25-27(3)21-32(17-13-20-36-38)37(9-2)26-35-24-29-14-12-15-30(22-29)28(4)23-33(5,6)7/h12,14-15,21-22,28,31,35-36H,3,8-11,13,16-20,23-26,34H2,1-2,4-7H3/b32-21+. The minimum absolute atomic E-state index is 0.344. The maximum Gasteiger partial charge on any atom is 0.0681 e. The van der Waals surface area contributed by atoms with Crippen molar-refractivity contribution in [3.05, 3.63) is 59.3 Å².